The molecule has 146 valence electrons. The number of likely N-dealkylation sites (tertiary alicyclic amines) is 1. The lowest BCUT2D eigenvalue weighted by molar-refractivity contribution is -0.137. The van der Waals surface area contributed by atoms with Gasteiger partial charge in [0.2, 0.25) is 11.8 Å². The third kappa shape index (κ3) is 4.56. The highest BCUT2D eigenvalue weighted by Gasteiger charge is 2.46. The number of carbonyl (C=O) groups is 2. The molecule has 4 nitrogen and oxygen atoms in total. The molecule has 3 aliphatic rings. The van der Waals surface area contributed by atoms with Gasteiger partial charge in [0, 0.05) is 29.5 Å². The number of benzene rings is 1. The van der Waals surface area contributed by atoms with Gasteiger partial charge in [-0.2, -0.15) is 0 Å². The highest BCUT2D eigenvalue weighted by molar-refractivity contribution is 9.10. The molecule has 1 aromatic carbocycles. The van der Waals surface area contributed by atoms with Gasteiger partial charge >= 0.3 is 0 Å². The maximum absolute atomic E-state index is 13.0. The van der Waals surface area contributed by atoms with Gasteiger partial charge in [0.1, 0.15) is 0 Å². The van der Waals surface area contributed by atoms with Crippen molar-refractivity contribution in [2.24, 2.45) is 11.8 Å². The van der Waals surface area contributed by atoms with Crippen molar-refractivity contribution < 1.29 is 9.59 Å². The van der Waals surface area contributed by atoms with E-state index in [1.807, 2.05) is 17.0 Å². The Labute approximate surface area is 170 Å². The van der Waals surface area contributed by atoms with Crippen molar-refractivity contribution in [1.82, 2.24) is 10.2 Å². The molecule has 2 saturated carbocycles. The van der Waals surface area contributed by atoms with Crippen molar-refractivity contribution >= 4 is 27.7 Å². The van der Waals surface area contributed by atoms with Crippen molar-refractivity contribution in [2.45, 2.75) is 63.3 Å². The zero-order chi connectivity index (χ0) is 18.8. The Hall–Kier alpha value is -1.36. The molecule has 0 spiro atoms. The number of hydrogen-bond acceptors (Lipinski definition) is 2. The van der Waals surface area contributed by atoms with E-state index < -0.39 is 0 Å². The van der Waals surface area contributed by atoms with Crippen molar-refractivity contribution in [1.29, 1.82) is 0 Å². The van der Waals surface area contributed by atoms with E-state index in [1.54, 1.807) is 0 Å². The van der Waals surface area contributed by atoms with Crippen molar-refractivity contribution in [3.8, 4) is 0 Å². The van der Waals surface area contributed by atoms with Crippen LogP contribution in [0.5, 0.6) is 0 Å². The Morgan fingerprint density at radius 1 is 1.07 bits per heavy atom. The van der Waals surface area contributed by atoms with Gasteiger partial charge in [0.05, 0.1) is 5.92 Å². The smallest absolute Gasteiger partial charge is 0.226 e. The zero-order valence-corrected chi connectivity index (χ0v) is 17.4. The highest BCUT2D eigenvalue weighted by Crippen LogP contribution is 2.49. The predicted molar refractivity (Wildman–Crippen MR) is 109 cm³/mol. The van der Waals surface area contributed by atoms with Crippen LogP contribution in [-0.2, 0) is 9.59 Å². The third-order valence-corrected chi connectivity index (χ3v) is 6.93. The Morgan fingerprint density at radius 2 is 1.89 bits per heavy atom. The molecule has 0 radical (unpaired) electrons. The minimum absolute atomic E-state index is 0.0345. The van der Waals surface area contributed by atoms with E-state index in [2.05, 4.69) is 33.4 Å². The normalized spacial score (nSPS) is 28.6. The fourth-order valence-corrected chi connectivity index (χ4v) is 5.18. The summed E-state index contributed by atoms with van der Waals surface area (Å²) in [6.45, 7) is 1.40. The number of amides is 2. The highest BCUT2D eigenvalue weighted by atomic mass is 79.9. The summed E-state index contributed by atoms with van der Waals surface area (Å²) in [6.07, 6.45) is 8.72. The van der Waals surface area contributed by atoms with Crippen LogP contribution in [0.15, 0.2) is 28.7 Å². The van der Waals surface area contributed by atoms with Gasteiger partial charge in [-0.3, -0.25) is 9.59 Å². The van der Waals surface area contributed by atoms with E-state index in [1.165, 1.54) is 24.8 Å². The van der Waals surface area contributed by atoms with Crippen LogP contribution in [0.1, 0.15) is 62.8 Å². The number of nitrogens with one attached hydrogen (secondary N) is 1. The first-order valence-corrected chi connectivity index (χ1v) is 11.3. The lowest BCUT2D eigenvalue weighted by Crippen LogP contribution is -2.48. The predicted octanol–water partition coefficient (Wildman–Crippen LogP) is 4.24. The molecule has 1 N–H and O–H groups in total. The molecule has 0 aromatic heterocycles. The standard InChI is InChI=1S/C22H29BrN2O2/c23-17-8-4-6-15(12-17)19-13-20(19)22(27)25-11-5-7-16(14-25)21(26)24-18-9-2-1-3-10-18/h4,6,8,12,16,18-20H,1-3,5,7,9-11,13-14H2,(H,24,26). The molecular formula is C22H29BrN2O2. The van der Waals surface area contributed by atoms with E-state index in [9.17, 15) is 9.59 Å². The SMILES string of the molecule is O=C(NC1CCCCC1)C1CCCN(C(=O)C2CC2c2cccc(Br)c2)C1. The Kier molecular flexibility index (Phi) is 5.86. The summed E-state index contributed by atoms with van der Waals surface area (Å²) >= 11 is 3.52. The van der Waals surface area contributed by atoms with Gasteiger partial charge in [0.25, 0.3) is 0 Å². The Morgan fingerprint density at radius 3 is 2.67 bits per heavy atom. The van der Waals surface area contributed by atoms with E-state index in [0.717, 1.165) is 43.1 Å². The van der Waals surface area contributed by atoms with Crippen LogP contribution in [0, 0.1) is 11.8 Å². The lowest BCUT2D eigenvalue weighted by Gasteiger charge is -2.33. The summed E-state index contributed by atoms with van der Waals surface area (Å²) in [6, 6.07) is 8.63. The van der Waals surface area contributed by atoms with Crippen LogP contribution in [0.25, 0.3) is 0 Å². The topological polar surface area (TPSA) is 49.4 Å². The molecule has 3 unspecified atom stereocenters. The van der Waals surface area contributed by atoms with Gasteiger partial charge in [0.15, 0.2) is 0 Å². The molecule has 5 heteroatoms. The molecular weight excluding hydrogens is 404 g/mol. The number of nitrogens with zero attached hydrogens (tertiary/aromatic N) is 1. The second-order valence-corrected chi connectivity index (χ2v) is 9.39. The number of halogens is 1. The van der Waals surface area contributed by atoms with Crippen LogP contribution in [0.3, 0.4) is 0 Å². The monoisotopic (exact) mass is 432 g/mol. The Balaban J connectivity index is 1.31. The number of rotatable bonds is 4. The van der Waals surface area contributed by atoms with Crippen LogP contribution >= 0.6 is 15.9 Å². The minimum atomic E-state index is -0.0345. The molecule has 1 heterocycles. The number of piperidine rings is 1. The summed E-state index contributed by atoms with van der Waals surface area (Å²) in [5.41, 5.74) is 1.24. The molecule has 1 aromatic rings. The molecule has 27 heavy (non-hydrogen) atoms. The molecule has 1 saturated heterocycles. The maximum atomic E-state index is 13.0. The summed E-state index contributed by atoms with van der Waals surface area (Å²) in [5, 5.41) is 3.25. The summed E-state index contributed by atoms with van der Waals surface area (Å²) < 4.78 is 1.07. The van der Waals surface area contributed by atoms with Crippen molar-refractivity contribution in [2.75, 3.05) is 13.1 Å². The maximum Gasteiger partial charge on any atom is 0.226 e. The second-order valence-electron chi connectivity index (χ2n) is 8.47. The number of hydrogen-bond donors (Lipinski definition) is 1. The largest absolute Gasteiger partial charge is 0.353 e. The molecule has 3 fully saturated rings. The van der Waals surface area contributed by atoms with Crippen LogP contribution in [0.2, 0.25) is 0 Å². The average molecular weight is 433 g/mol. The van der Waals surface area contributed by atoms with Crippen LogP contribution in [-0.4, -0.2) is 35.8 Å². The van der Waals surface area contributed by atoms with Gasteiger partial charge < -0.3 is 10.2 Å². The fourth-order valence-electron chi connectivity index (χ4n) is 4.77. The fraction of sp³-hybridized carbons (Fsp3) is 0.636. The molecule has 2 amide bonds. The average Bonchev–Trinajstić information content (AvgIpc) is 3.49. The zero-order valence-electron chi connectivity index (χ0n) is 15.8. The van der Waals surface area contributed by atoms with Crippen LogP contribution in [0.4, 0.5) is 0 Å². The van der Waals surface area contributed by atoms with E-state index in [-0.39, 0.29) is 23.7 Å². The summed E-state index contributed by atoms with van der Waals surface area (Å²) in [7, 11) is 0. The molecule has 1 aliphatic heterocycles. The van der Waals surface area contributed by atoms with E-state index in [4.69, 9.17) is 0 Å². The second kappa shape index (κ2) is 8.34. The molecule has 3 atom stereocenters. The number of carbonyl (C=O) groups excluding carboxylic acids is 2. The first-order chi connectivity index (χ1) is 13.1. The quantitative estimate of drug-likeness (QED) is 0.772. The van der Waals surface area contributed by atoms with Gasteiger partial charge in [-0.05, 0) is 55.7 Å². The Bertz CT molecular complexity index is 701. The summed E-state index contributed by atoms with van der Waals surface area (Å²) in [4.78, 5) is 27.6. The van der Waals surface area contributed by atoms with E-state index >= 15 is 0 Å². The lowest BCUT2D eigenvalue weighted by atomic mass is 9.93. The van der Waals surface area contributed by atoms with Gasteiger partial charge in [-0.25, -0.2) is 0 Å². The molecule has 2 aliphatic carbocycles. The first-order valence-electron chi connectivity index (χ1n) is 10.5. The van der Waals surface area contributed by atoms with Gasteiger partial charge in [-0.1, -0.05) is 47.3 Å². The van der Waals surface area contributed by atoms with Crippen molar-refractivity contribution in [3.63, 3.8) is 0 Å². The van der Waals surface area contributed by atoms with E-state index in [0.29, 0.717) is 18.5 Å². The van der Waals surface area contributed by atoms with Crippen LogP contribution < -0.4 is 5.32 Å². The minimum Gasteiger partial charge on any atom is -0.353 e. The van der Waals surface area contributed by atoms with Crippen molar-refractivity contribution in [3.05, 3.63) is 34.3 Å². The summed E-state index contributed by atoms with van der Waals surface area (Å²) in [5.74, 6) is 0.812. The van der Waals surface area contributed by atoms with Gasteiger partial charge in [-0.15, -0.1) is 0 Å². The third-order valence-electron chi connectivity index (χ3n) is 6.44. The molecule has 4 rings (SSSR count). The molecule has 0 bridgehead atoms. The first kappa shape index (κ1) is 19.0.